The van der Waals surface area contributed by atoms with Crippen molar-refractivity contribution in [1.82, 2.24) is 0 Å². The molecule has 24 heavy (non-hydrogen) atoms. The lowest BCUT2D eigenvalue weighted by Crippen LogP contribution is -2.09. The Labute approximate surface area is 142 Å². The van der Waals surface area contributed by atoms with Crippen molar-refractivity contribution in [3.8, 4) is 11.5 Å². The van der Waals surface area contributed by atoms with Gasteiger partial charge in [0.05, 0.1) is 13.2 Å². The lowest BCUT2D eigenvalue weighted by molar-refractivity contribution is 0.258. The molecule has 2 atom stereocenters. The van der Waals surface area contributed by atoms with Crippen molar-refractivity contribution >= 4 is 0 Å². The number of epoxide rings is 2. The third kappa shape index (κ3) is 3.71. The van der Waals surface area contributed by atoms with Gasteiger partial charge in [-0.1, -0.05) is 43.3 Å². The van der Waals surface area contributed by atoms with E-state index in [4.69, 9.17) is 18.9 Å². The minimum atomic E-state index is 0.178. The van der Waals surface area contributed by atoms with E-state index in [0.29, 0.717) is 13.2 Å². The van der Waals surface area contributed by atoms with Gasteiger partial charge in [-0.3, -0.25) is 0 Å². The third-order valence-electron chi connectivity index (χ3n) is 4.43. The number of ether oxygens (including phenoxy) is 4. The van der Waals surface area contributed by atoms with Crippen LogP contribution in [0.2, 0.25) is 0 Å². The molecule has 4 heteroatoms. The van der Waals surface area contributed by atoms with Gasteiger partial charge in [-0.05, 0) is 12.1 Å². The van der Waals surface area contributed by atoms with Crippen LogP contribution < -0.4 is 9.47 Å². The summed E-state index contributed by atoms with van der Waals surface area (Å²) in [6, 6.07) is 16.4. The minimum Gasteiger partial charge on any atom is -0.490 e. The fraction of sp³-hybridized carbons (Fsp3) is 0.400. The van der Waals surface area contributed by atoms with Crippen LogP contribution in [0.25, 0.3) is 0 Å². The molecule has 2 heterocycles. The number of hydrogen-bond acceptors (Lipinski definition) is 4. The topological polar surface area (TPSA) is 43.5 Å². The van der Waals surface area contributed by atoms with Crippen LogP contribution in [0.15, 0.2) is 48.5 Å². The summed E-state index contributed by atoms with van der Waals surface area (Å²) >= 11 is 0. The molecule has 0 spiro atoms. The Morgan fingerprint density at radius 3 is 1.67 bits per heavy atom. The summed E-state index contributed by atoms with van der Waals surface area (Å²) in [7, 11) is 0. The van der Waals surface area contributed by atoms with Crippen LogP contribution in [-0.4, -0.2) is 38.6 Å². The Balaban J connectivity index is 1.55. The van der Waals surface area contributed by atoms with Crippen molar-refractivity contribution in [2.75, 3.05) is 26.4 Å². The molecule has 2 unspecified atom stereocenters. The highest BCUT2D eigenvalue weighted by molar-refractivity contribution is 5.46. The number of hydrogen-bond donors (Lipinski definition) is 0. The van der Waals surface area contributed by atoms with E-state index in [1.54, 1.807) is 0 Å². The number of para-hydroxylation sites is 2. The van der Waals surface area contributed by atoms with E-state index in [1.807, 2.05) is 36.4 Å². The third-order valence-corrected chi connectivity index (χ3v) is 4.43. The van der Waals surface area contributed by atoms with Crippen LogP contribution in [0.5, 0.6) is 11.5 Å². The van der Waals surface area contributed by atoms with Gasteiger partial charge < -0.3 is 18.9 Å². The van der Waals surface area contributed by atoms with Crippen LogP contribution in [0.3, 0.4) is 0 Å². The Morgan fingerprint density at radius 2 is 1.25 bits per heavy atom. The van der Waals surface area contributed by atoms with Crippen molar-refractivity contribution in [3.05, 3.63) is 59.7 Å². The molecule has 2 aliphatic heterocycles. The van der Waals surface area contributed by atoms with Gasteiger partial charge in [0.25, 0.3) is 0 Å². The number of benzene rings is 2. The maximum atomic E-state index is 5.97. The molecular weight excluding hydrogens is 304 g/mol. The van der Waals surface area contributed by atoms with Crippen LogP contribution in [0.1, 0.15) is 24.0 Å². The average molecular weight is 326 g/mol. The fourth-order valence-electron chi connectivity index (χ4n) is 2.80. The lowest BCUT2D eigenvalue weighted by atomic mass is 9.91. The molecule has 0 amide bonds. The van der Waals surface area contributed by atoms with E-state index in [-0.39, 0.29) is 18.1 Å². The first-order valence-electron chi connectivity index (χ1n) is 8.48. The average Bonchev–Trinajstić information content (AvgIpc) is 3.53. The molecule has 2 aromatic rings. The van der Waals surface area contributed by atoms with Gasteiger partial charge in [0.15, 0.2) is 0 Å². The largest absolute Gasteiger partial charge is 0.490 e. The van der Waals surface area contributed by atoms with Crippen molar-refractivity contribution in [3.63, 3.8) is 0 Å². The van der Waals surface area contributed by atoms with E-state index >= 15 is 0 Å². The maximum Gasteiger partial charge on any atom is 0.123 e. The van der Waals surface area contributed by atoms with E-state index in [1.165, 1.54) is 0 Å². The summed E-state index contributed by atoms with van der Waals surface area (Å²) in [5, 5.41) is 0. The first-order valence-corrected chi connectivity index (χ1v) is 8.48. The van der Waals surface area contributed by atoms with Crippen molar-refractivity contribution in [2.45, 2.75) is 25.0 Å². The SMILES string of the molecule is CC(c1ccccc1OCC1CO1)c1ccccc1OCC1CO1. The molecule has 0 aromatic heterocycles. The highest BCUT2D eigenvalue weighted by atomic mass is 16.6. The van der Waals surface area contributed by atoms with Crippen molar-refractivity contribution < 1.29 is 18.9 Å². The van der Waals surface area contributed by atoms with E-state index in [0.717, 1.165) is 35.8 Å². The van der Waals surface area contributed by atoms with Gasteiger partial charge in [-0.2, -0.15) is 0 Å². The Hall–Kier alpha value is -2.04. The quantitative estimate of drug-likeness (QED) is 0.698. The van der Waals surface area contributed by atoms with E-state index in [9.17, 15) is 0 Å². The molecule has 0 aliphatic carbocycles. The normalized spacial score (nSPS) is 22.7. The minimum absolute atomic E-state index is 0.178. The molecule has 0 bridgehead atoms. The van der Waals surface area contributed by atoms with Crippen molar-refractivity contribution in [2.24, 2.45) is 0 Å². The van der Waals surface area contributed by atoms with Crippen LogP contribution in [0.4, 0.5) is 0 Å². The Morgan fingerprint density at radius 1 is 0.833 bits per heavy atom. The second-order valence-corrected chi connectivity index (χ2v) is 6.33. The predicted octanol–water partition coefficient (Wildman–Crippen LogP) is 3.39. The Bertz CT molecular complexity index is 632. The van der Waals surface area contributed by atoms with Gasteiger partial charge in [0, 0.05) is 17.0 Å². The Kier molecular flexibility index (Phi) is 4.41. The highest BCUT2D eigenvalue weighted by Gasteiger charge is 2.26. The first kappa shape index (κ1) is 15.5. The molecule has 126 valence electrons. The zero-order valence-electron chi connectivity index (χ0n) is 13.8. The van der Waals surface area contributed by atoms with Gasteiger partial charge in [0.2, 0.25) is 0 Å². The van der Waals surface area contributed by atoms with E-state index < -0.39 is 0 Å². The summed E-state index contributed by atoms with van der Waals surface area (Å²) < 4.78 is 22.4. The zero-order chi connectivity index (χ0) is 16.4. The van der Waals surface area contributed by atoms with Crippen LogP contribution in [0, 0.1) is 0 Å². The summed E-state index contributed by atoms with van der Waals surface area (Å²) in [4.78, 5) is 0. The van der Waals surface area contributed by atoms with Crippen LogP contribution in [-0.2, 0) is 9.47 Å². The molecule has 0 saturated carbocycles. The molecular formula is C20H22O4. The van der Waals surface area contributed by atoms with Gasteiger partial charge in [0.1, 0.15) is 36.9 Å². The first-order chi connectivity index (χ1) is 11.8. The molecule has 2 fully saturated rings. The second-order valence-electron chi connectivity index (χ2n) is 6.33. The number of rotatable bonds is 8. The standard InChI is InChI=1S/C20H22O4/c1-14(17-6-2-4-8-19(17)23-12-15-10-21-15)18-7-3-5-9-20(18)24-13-16-11-22-16/h2-9,14-16H,10-13H2,1H3. The summed E-state index contributed by atoms with van der Waals surface area (Å²) in [5.41, 5.74) is 2.33. The molecule has 0 N–H and O–H groups in total. The monoisotopic (exact) mass is 326 g/mol. The molecule has 4 nitrogen and oxygen atoms in total. The molecule has 2 aliphatic rings. The summed E-state index contributed by atoms with van der Waals surface area (Å²) in [5.74, 6) is 2.01. The predicted molar refractivity (Wildman–Crippen MR) is 90.9 cm³/mol. The second kappa shape index (κ2) is 6.83. The van der Waals surface area contributed by atoms with Gasteiger partial charge >= 0.3 is 0 Å². The molecule has 2 saturated heterocycles. The van der Waals surface area contributed by atoms with Crippen molar-refractivity contribution in [1.29, 1.82) is 0 Å². The highest BCUT2D eigenvalue weighted by Crippen LogP contribution is 2.36. The lowest BCUT2D eigenvalue weighted by Gasteiger charge is -2.20. The smallest absolute Gasteiger partial charge is 0.123 e. The van der Waals surface area contributed by atoms with E-state index in [2.05, 4.69) is 19.1 Å². The zero-order valence-corrected chi connectivity index (χ0v) is 13.8. The summed E-state index contributed by atoms with van der Waals surface area (Å²) in [6.45, 7) is 5.02. The molecule has 4 rings (SSSR count). The fourth-order valence-corrected chi connectivity index (χ4v) is 2.80. The molecule has 2 aromatic carbocycles. The maximum absolute atomic E-state index is 5.97. The summed E-state index contributed by atoms with van der Waals surface area (Å²) in [6.07, 6.45) is 0.505. The van der Waals surface area contributed by atoms with Crippen LogP contribution >= 0.6 is 0 Å². The van der Waals surface area contributed by atoms with Gasteiger partial charge in [-0.25, -0.2) is 0 Å². The van der Waals surface area contributed by atoms with Gasteiger partial charge in [-0.15, -0.1) is 0 Å². The molecule has 0 radical (unpaired) electrons.